The number of aromatic hydroxyl groups is 1. The molecule has 1 aromatic carbocycles. The molecule has 0 amide bonds. The summed E-state index contributed by atoms with van der Waals surface area (Å²) in [7, 11) is 0. The van der Waals surface area contributed by atoms with E-state index in [4.69, 9.17) is 5.73 Å². The molecule has 0 aliphatic rings. The Kier molecular flexibility index (Phi) is 3.38. The van der Waals surface area contributed by atoms with Gasteiger partial charge in [-0.3, -0.25) is 4.79 Å². The average molecular weight is 246 g/mol. The van der Waals surface area contributed by atoms with Crippen LogP contribution in [0.1, 0.15) is 25.1 Å². The highest BCUT2D eigenvalue weighted by atomic mass is 16.3. The van der Waals surface area contributed by atoms with Crippen LogP contribution in [-0.4, -0.2) is 20.3 Å². The van der Waals surface area contributed by atoms with Crippen LogP contribution in [0.5, 0.6) is 5.75 Å². The molecule has 1 heterocycles. The van der Waals surface area contributed by atoms with Crippen LogP contribution < -0.4 is 11.3 Å². The van der Waals surface area contributed by atoms with Crippen molar-refractivity contribution in [1.82, 2.24) is 15.2 Å². The molecular formula is C12H14N4O2. The molecule has 0 aliphatic carbocycles. The summed E-state index contributed by atoms with van der Waals surface area (Å²) in [5.74, 6) is 0.505. The number of rotatable bonds is 3. The summed E-state index contributed by atoms with van der Waals surface area (Å²) in [6, 6.07) is 5.92. The lowest BCUT2D eigenvalue weighted by molar-refractivity contribution is 0.475. The van der Waals surface area contributed by atoms with Crippen molar-refractivity contribution in [3.05, 3.63) is 40.3 Å². The second-order valence-electron chi connectivity index (χ2n) is 3.95. The number of aromatic nitrogens is 3. The fourth-order valence-corrected chi connectivity index (χ4v) is 1.53. The van der Waals surface area contributed by atoms with Crippen molar-refractivity contribution in [2.75, 3.05) is 0 Å². The lowest BCUT2D eigenvalue weighted by Crippen LogP contribution is -2.24. The van der Waals surface area contributed by atoms with E-state index in [1.165, 1.54) is 12.1 Å². The van der Waals surface area contributed by atoms with E-state index >= 15 is 0 Å². The number of phenols is 1. The molecular weight excluding hydrogens is 232 g/mol. The first-order chi connectivity index (χ1) is 8.61. The Hall–Kier alpha value is -2.21. The second kappa shape index (κ2) is 4.97. The average Bonchev–Trinajstić information content (AvgIpc) is 2.38. The quantitative estimate of drug-likeness (QED) is 0.747. The molecule has 0 bridgehead atoms. The van der Waals surface area contributed by atoms with Gasteiger partial charge in [-0.15, -0.1) is 10.2 Å². The second-order valence-corrected chi connectivity index (χ2v) is 3.95. The van der Waals surface area contributed by atoms with E-state index in [0.29, 0.717) is 17.8 Å². The molecule has 0 spiro atoms. The van der Waals surface area contributed by atoms with Crippen molar-refractivity contribution in [2.24, 2.45) is 5.73 Å². The highest BCUT2D eigenvalue weighted by molar-refractivity contribution is 5.55. The molecule has 94 valence electrons. The Bertz CT molecular complexity index is 592. The van der Waals surface area contributed by atoms with E-state index in [2.05, 4.69) is 15.2 Å². The van der Waals surface area contributed by atoms with E-state index in [0.717, 1.165) is 0 Å². The number of aromatic amines is 1. The molecule has 2 aromatic rings. The monoisotopic (exact) mass is 246 g/mol. The number of H-pyrrole nitrogens is 1. The highest BCUT2D eigenvalue weighted by Crippen LogP contribution is 2.17. The van der Waals surface area contributed by atoms with Gasteiger partial charge < -0.3 is 15.8 Å². The first-order valence-corrected chi connectivity index (χ1v) is 5.63. The zero-order valence-electron chi connectivity index (χ0n) is 9.92. The number of benzene rings is 1. The molecule has 1 atom stereocenters. The van der Waals surface area contributed by atoms with Crippen molar-refractivity contribution in [3.8, 4) is 17.1 Å². The minimum atomic E-state index is -0.407. The van der Waals surface area contributed by atoms with E-state index < -0.39 is 6.04 Å². The van der Waals surface area contributed by atoms with Crippen molar-refractivity contribution in [2.45, 2.75) is 19.4 Å². The fourth-order valence-electron chi connectivity index (χ4n) is 1.53. The maximum absolute atomic E-state index is 11.8. The molecule has 6 heteroatoms. The molecule has 2 rings (SSSR count). The predicted octanol–water partition coefficient (Wildman–Crippen LogP) is 0.947. The van der Waals surface area contributed by atoms with E-state index in [-0.39, 0.29) is 17.0 Å². The number of hydrogen-bond acceptors (Lipinski definition) is 5. The van der Waals surface area contributed by atoms with Gasteiger partial charge in [-0.05, 0) is 30.7 Å². The van der Waals surface area contributed by atoms with Crippen LogP contribution in [-0.2, 0) is 0 Å². The topological polar surface area (TPSA) is 105 Å². The highest BCUT2D eigenvalue weighted by Gasteiger charge is 2.12. The Balaban J connectivity index is 2.40. The van der Waals surface area contributed by atoms with Gasteiger partial charge in [-0.25, -0.2) is 0 Å². The van der Waals surface area contributed by atoms with Crippen molar-refractivity contribution >= 4 is 0 Å². The fraction of sp³-hybridized carbons (Fsp3) is 0.250. The van der Waals surface area contributed by atoms with E-state index in [1.54, 1.807) is 12.1 Å². The van der Waals surface area contributed by atoms with Gasteiger partial charge in [0.15, 0.2) is 5.82 Å². The zero-order chi connectivity index (χ0) is 13.1. The van der Waals surface area contributed by atoms with Gasteiger partial charge in [-0.2, -0.15) is 0 Å². The predicted molar refractivity (Wildman–Crippen MR) is 67.0 cm³/mol. The minimum Gasteiger partial charge on any atom is -0.508 e. The Labute approximate surface area is 104 Å². The molecule has 0 fully saturated rings. The van der Waals surface area contributed by atoms with Gasteiger partial charge in [0, 0.05) is 5.56 Å². The van der Waals surface area contributed by atoms with Gasteiger partial charge in [0.25, 0.3) is 5.56 Å². The standard InChI is InChI=1S/C12H14N4O2/c1-2-9(13)10-12(18)14-11(16-15-10)7-3-5-8(17)6-4-7/h3-6,9,17H,2,13H2,1H3,(H,14,16,18). The SMILES string of the molecule is CCC(N)c1nnc(-c2ccc(O)cc2)[nH]c1=O. The summed E-state index contributed by atoms with van der Waals surface area (Å²) in [5, 5.41) is 17.0. The Morgan fingerprint density at radius 2 is 2.00 bits per heavy atom. The maximum atomic E-state index is 11.8. The third-order valence-corrected chi connectivity index (χ3v) is 2.65. The third kappa shape index (κ3) is 2.38. The summed E-state index contributed by atoms with van der Waals surface area (Å²) < 4.78 is 0. The lowest BCUT2D eigenvalue weighted by atomic mass is 10.2. The van der Waals surface area contributed by atoms with Gasteiger partial charge in [0.2, 0.25) is 0 Å². The van der Waals surface area contributed by atoms with Crippen LogP contribution in [0, 0.1) is 0 Å². The summed E-state index contributed by atoms with van der Waals surface area (Å²) in [6.45, 7) is 1.87. The normalized spacial score (nSPS) is 12.3. The number of nitrogens with zero attached hydrogens (tertiary/aromatic N) is 2. The number of phenolic OH excluding ortho intramolecular Hbond substituents is 1. The molecule has 0 radical (unpaired) electrons. The maximum Gasteiger partial charge on any atom is 0.274 e. The van der Waals surface area contributed by atoms with Crippen LogP contribution in [0.4, 0.5) is 0 Å². The van der Waals surface area contributed by atoms with Crippen LogP contribution in [0.3, 0.4) is 0 Å². The molecule has 1 aromatic heterocycles. The summed E-state index contributed by atoms with van der Waals surface area (Å²) in [6.07, 6.45) is 0.621. The Morgan fingerprint density at radius 3 is 2.56 bits per heavy atom. The minimum absolute atomic E-state index is 0.152. The molecule has 18 heavy (non-hydrogen) atoms. The number of nitrogens with two attached hydrogens (primary N) is 1. The first-order valence-electron chi connectivity index (χ1n) is 5.63. The number of nitrogens with one attached hydrogen (secondary N) is 1. The van der Waals surface area contributed by atoms with Gasteiger partial charge in [0.05, 0.1) is 6.04 Å². The Morgan fingerprint density at radius 1 is 1.33 bits per heavy atom. The van der Waals surface area contributed by atoms with Gasteiger partial charge >= 0.3 is 0 Å². The largest absolute Gasteiger partial charge is 0.508 e. The summed E-state index contributed by atoms with van der Waals surface area (Å²) in [4.78, 5) is 14.4. The van der Waals surface area contributed by atoms with Crippen LogP contribution in [0.25, 0.3) is 11.4 Å². The van der Waals surface area contributed by atoms with Gasteiger partial charge in [-0.1, -0.05) is 6.92 Å². The van der Waals surface area contributed by atoms with Crippen molar-refractivity contribution < 1.29 is 5.11 Å². The smallest absolute Gasteiger partial charge is 0.274 e. The van der Waals surface area contributed by atoms with Crippen molar-refractivity contribution in [1.29, 1.82) is 0 Å². The van der Waals surface area contributed by atoms with Crippen LogP contribution in [0.15, 0.2) is 29.1 Å². The molecule has 1 unspecified atom stereocenters. The van der Waals surface area contributed by atoms with E-state index in [9.17, 15) is 9.90 Å². The van der Waals surface area contributed by atoms with Crippen LogP contribution in [0.2, 0.25) is 0 Å². The summed E-state index contributed by atoms with van der Waals surface area (Å²) >= 11 is 0. The lowest BCUT2D eigenvalue weighted by Gasteiger charge is -2.06. The van der Waals surface area contributed by atoms with Crippen molar-refractivity contribution in [3.63, 3.8) is 0 Å². The van der Waals surface area contributed by atoms with E-state index in [1.807, 2.05) is 6.92 Å². The molecule has 0 saturated heterocycles. The first kappa shape index (κ1) is 12.3. The molecule has 6 nitrogen and oxygen atoms in total. The number of hydrogen-bond donors (Lipinski definition) is 3. The molecule has 0 aliphatic heterocycles. The van der Waals surface area contributed by atoms with Gasteiger partial charge in [0.1, 0.15) is 11.4 Å². The third-order valence-electron chi connectivity index (χ3n) is 2.65. The van der Waals surface area contributed by atoms with Crippen LogP contribution >= 0.6 is 0 Å². The zero-order valence-corrected chi connectivity index (χ0v) is 9.92. The molecule has 0 saturated carbocycles. The summed E-state index contributed by atoms with van der Waals surface area (Å²) in [5.41, 5.74) is 6.33. The molecule has 4 N–H and O–H groups in total.